The minimum absolute atomic E-state index is 0.0623. The maximum absolute atomic E-state index is 12.9. The highest BCUT2D eigenvalue weighted by atomic mass is 31.2. The number of rotatable bonds is 43. The van der Waals surface area contributed by atoms with Crippen LogP contribution in [-0.2, 0) is 18.4 Å². The number of aliphatic hydroxyl groups is 1. The van der Waals surface area contributed by atoms with Crippen LogP contribution in [0.15, 0.2) is 24.3 Å². The molecule has 0 rings (SSSR count). The summed E-state index contributed by atoms with van der Waals surface area (Å²) in [6.07, 6.45) is 46.7. The summed E-state index contributed by atoms with van der Waals surface area (Å²) < 4.78 is 23.6. The first-order chi connectivity index (χ1) is 27.0. The Morgan fingerprint density at radius 1 is 0.589 bits per heavy atom. The standard InChI is InChI=1S/C47H93N2O6P/c1-6-8-10-12-14-16-18-20-21-22-23-24-25-26-27-29-31-33-35-37-39-41-47(51)48-45(44-55-56(52,53)54-43-42-49(3,4)5)46(50)40-38-36-34-32-30-28-19-17-15-13-11-9-7-2/h22-23,38,40,45-46,50H,6-21,24-37,39,41-44H2,1-5H3,(H-,48,51,52,53)/p+1/b23-22-,40-38+. The lowest BCUT2D eigenvalue weighted by Crippen LogP contribution is -2.45. The van der Waals surface area contributed by atoms with E-state index in [1.807, 2.05) is 27.2 Å². The molecule has 56 heavy (non-hydrogen) atoms. The number of unbranched alkanes of at least 4 members (excludes halogenated alkanes) is 28. The molecule has 0 saturated carbocycles. The third kappa shape index (κ3) is 41.2. The molecule has 0 aliphatic carbocycles. The van der Waals surface area contributed by atoms with Gasteiger partial charge < -0.3 is 19.8 Å². The predicted octanol–water partition coefficient (Wildman–Crippen LogP) is 13.3. The predicted molar refractivity (Wildman–Crippen MR) is 240 cm³/mol. The zero-order valence-corrected chi connectivity index (χ0v) is 38.5. The van der Waals surface area contributed by atoms with Gasteiger partial charge in [-0.2, -0.15) is 0 Å². The Morgan fingerprint density at radius 2 is 0.964 bits per heavy atom. The van der Waals surface area contributed by atoms with Gasteiger partial charge in [0.05, 0.1) is 39.9 Å². The zero-order chi connectivity index (χ0) is 41.4. The molecule has 3 unspecified atom stereocenters. The van der Waals surface area contributed by atoms with Crippen LogP contribution in [0.25, 0.3) is 0 Å². The number of aliphatic hydroxyl groups excluding tert-OH is 1. The molecule has 0 aromatic carbocycles. The molecule has 0 aliphatic heterocycles. The van der Waals surface area contributed by atoms with Crippen LogP contribution >= 0.6 is 7.82 Å². The maximum atomic E-state index is 12.9. The number of carbonyl (C=O) groups excluding carboxylic acids is 1. The number of phosphoric ester groups is 1. The first-order valence-electron chi connectivity index (χ1n) is 23.7. The van der Waals surface area contributed by atoms with Crippen LogP contribution in [0.5, 0.6) is 0 Å². The van der Waals surface area contributed by atoms with Gasteiger partial charge in [0.1, 0.15) is 13.2 Å². The monoisotopic (exact) mass is 814 g/mol. The zero-order valence-electron chi connectivity index (χ0n) is 37.6. The third-order valence-corrected chi connectivity index (χ3v) is 11.6. The van der Waals surface area contributed by atoms with E-state index in [-0.39, 0.29) is 19.1 Å². The molecule has 0 heterocycles. The number of hydrogen-bond donors (Lipinski definition) is 3. The Morgan fingerprint density at radius 3 is 1.38 bits per heavy atom. The molecule has 0 bridgehead atoms. The molecule has 9 heteroatoms. The number of carbonyl (C=O) groups is 1. The molecule has 0 aromatic rings. The van der Waals surface area contributed by atoms with E-state index in [0.29, 0.717) is 17.4 Å². The lowest BCUT2D eigenvalue weighted by Gasteiger charge is -2.25. The van der Waals surface area contributed by atoms with Crippen LogP contribution in [0.3, 0.4) is 0 Å². The molecular formula is C47H94N2O6P+. The van der Waals surface area contributed by atoms with Crippen molar-refractivity contribution >= 4 is 13.7 Å². The van der Waals surface area contributed by atoms with Gasteiger partial charge in [-0.25, -0.2) is 4.57 Å². The first kappa shape index (κ1) is 55.0. The maximum Gasteiger partial charge on any atom is 0.472 e. The minimum atomic E-state index is -4.33. The fraction of sp³-hybridized carbons (Fsp3) is 0.894. The highest BCUT2D eigenvalue weighted by Crippen LogP contribution is 2.43. The highest BCUT2D eigenvalue weighted by molar-refractivity contribution is 7.47. The molecule has 1 amide bonds. The molecule has 0 spiro atoms. The summed E-state index contributed by atoms with van der Waals surface area (Å²) in [6.45, 7) is 4.82. The van der Waals surface area contributed by atoms with Gasteiger partial charge in [0.2, 0.25) is 5.91 Å². The summed E-state index contributed by atoms with van der Waals surface area (Å²) in [6, 6.07) is -0.844. The minimum Gasteiger partial charge on any atom is -0.387 e. The van der Waals surface area contributed by atoms with Gasteiger partial charge in [-0.15, -0.1) is 0 Å². The van der Waals surface area contributed by atoms with Crippen molar-refractivity contribution in [2.75, 3.05) is 40.9 Å². The Kier molecular flexibility index (Phi) is 38.7. The SMILES string of the molecule is CCCCCCCCCC/C=C\CCCCCCCCCCCC(=O)NC(COP(=O)(O)OCC[N+](C)(C)C)C(O)/C=C/CCCCCCCCCCCCC. The van der Waals surface area contributed by atoms with E-state index in [0.717, 1.165) is 38.5 Å². The van der Waals surface area contributed by atoms with E-state index in [1.165, 1.54) is 161 Å². The van der Waals surface area contributed by atoms with Crippen molar-refractivity contribution < 1.29 is 32.9 Å². The molecule has 332 valence electrons. The first-order valence-corrected chi connectivity index (χ1v) is 25.2. The van der Waals surface area contributed by atoms with Crippen molar-refractivity contribution in [1.29, 1.82) is 0 Å². The fourth-order valence-electron chi connectivity index (χ4n) is 6.86. The molecular weight excluding hydrogens is 719 g/mol. The Labute approximate surface area is 347 Å². The van der Waals surface area contributed by atoms with Crippen molar-refractivity contribution in [1.82, 2.24) is 5.32 Å². The van der Waals surface area contributed by atoms with Crippen LogP contribution in [0.4, 0.5) is 0 Å². The number of quaternary nitrogens is 1. The van der Waals surface area contributed by atoms with Gasteiger partial charge >= 0.3 is 7.82 Å². The van der Waals surface area contributed by atoms with E-state index in [9.17, 15) is 19.4 Å². The van der Waals surface area contributed by atoms with E-state index >= 15 is 0 Å². The Bertz CT molecular complexity index is 969. The second-order valence-corrected chi connectivity index (χ2v) is 18.9. The molecule has 0 fully saturated rings. The van der Waals surface area contributed by atoms with Gasteiger partial charge in [0.15, 0.2) is 0 Å². The number of phosphoric acid groups is 1. The van der Waals surface area contributed by atoms with Crippen molar-refractivity contribution in [3.63, 3.8) is 0 Å². The van der Waals surface area contributed by atoms with Crippen LogP contribution in [0, 0.1) is 0 Å². The smallest absolute Gasteiger partial charge is 0.387 e. The van der Waals surface area contributed by atoms with Crippen molar-refractivity contribution in [2.45, 2.75) is 231 Å². The average molecular weight is 814 g/mol. The highest BCUT2D eigenvalue weighted by Gasteiger charge is 2.27. The van der Waals surface area contributed by atoms with Gasteiger partial charge in [0.25, 0.3) is 0 Å². The summed E-state index contributed by atoms with van der Waals surface area (Å²) in [4.78, 5) is 23.1. The van der Waals surface area contributed by atoms with Crippen LogP contribution in [0.1, 0.15) is 219 Å². The Balaban J connectivity index is 4.31. The van der Waals surface area contributed by atoms with E-state index in [1.54, 1.807) is 6.08 Å². The largest absolute Gasteiger partial charge is 0.472 e. The van der Waals surface area contributed by atoms with Crippen LogP contribution in [0.2, 0.25) is 0 Å². The lowest BCUT2D eigenvalue weighted by atomic mass is 10.0. The third-order valence-electron chi connectivity index (χ3n) is 10.7. The number of nitrogens with one attached hydrogen (secondary N) is 1. The molecule has 0 saturated heterocycles. The Hall–Kier alpha value is -1.02. The average Bonchev–Trinajstić information content (AvgIpc) is 3.15. The number of nitrogens with zero attached hydrogens (tertiary/aromatic N) is 1. The van der Waals surface area contributed by atoms with Crippen molar-refractivity contribution in [3.05, 3.63) is 24.3 Å². The summed E-state index contributed by atoms with van der Waals surface area (Å²) in [7, 11) is 1.57. The van der Waals surface area contributed by atoms with E-state index in [2.05, 4.69) is 31.3 Å². The molecule has 3 N–H and O–H groups in total. The van der Waals surface area contributed by atoms with Gasteiger partial charge in [0, 0.05) is 6.42 Å². The van der Waals surface area contributed by atoms with E-state index in [4.69, 9.17) is 9.05 Å². The molecule has 3 atom stereocenters. The quantitative estimate of drug-likeness (QED) is 0.0245. The van der Waals surface area contributed by atoms with Crippen molar-refractivity contribution in [3.8, 4) is 0 Å². The summed E-state index contributed by atoms with van der Waals surface area (Å²) >= 11 is 0. The number of amides is 1. The second-order valence-electron chi connectivity index (χ2n) is 17.5. The molecule has 0 aliphatic rings. The molecule has 0 aromatic heterocycles. The lowest BCUT2D eigenvalue weighted by molar-refractivity contribution is -0.870. The summed E-state index contributed by atoms with van der Waals surface area (Å²) in [5.74, 6) is -0.179. The van der Waals surface area contributed by atoms with Crippen molar-refractivity contribution in [2.24, 2.45) is 0 Å². The summed E-state index contributed by atoms with van der Waals surface area (Å²) in [5.41, 5.74) is 0. The molecule has 8 nitrogen and oxygen atoms in total. The number of likely N-dealkylation sites (N-methyl/N-ethyl adjacent to an activating group) is 1. The fourth-order valence-corrected chi connectivity index (χ4v) is 7.60. The normalized spacial score (nSPS) is 14.5. The van der Waals surface area contributed by atoms with Gasteiger partial charge in [-0.05, 0) is 44.9 Å². The van der Waals surface area contributed by atoms with E-state index < -0.39 is 20.0 Å². The summed E-state index contributed by atoms with van der Waals surface area (Å²) in [5, 5.41) is 13.8. The van der Waals surface area contributed by atoms with Gasteiger partial charge in [-0.1, -0.05) is 192 Å². The number of hydrogen-bond acceptors (Lipinski definition) is 5. The van der Waals surface area contributed by atoms with Gasteiger partial charge in [-0.3, -0.25) is 13.8 Å². The topological polar surface area (TPSA) is 105 Å². The molecule has 0 radical (unpaired) electrons. The second kappa shape index (κ2) is 39.4. The van der Waals surface area contributed by atoms with Crippen LogP contribution < -0.4 is 5.32 Å². The number of allylic oxidation sites excluding steroid dienone is 3. The van der Waals surface area contributed by atoms with Crippen LogP contribution in [-0.4, -0.2) is 73.4 Å².